The normalized spacial score (nSPS) is 26.1. The molecule has 2 unspecified atom stereocenters. The van der Waals surface area contributed by atoms with E-state index in [2.05, 4.69) is 63.2 Å². The van der Waals surface area contributed by atoms with Gasteiger partial charge in [0.1, 0.15) is 0 Å². The molecule has 2 aliphatic heterocycles. The molecule has 2 fully saturated rings. The quantitative estimate of drug-likeness (QED) is 0.898. The molecule has 0 aliphatic carbocycles. The lowest BCUT2D eigenvalue weighted by Gasteiger charge is -2.29. The first kappa shape index (κ1) is 15.3. The number of hydrogen-bond acceptors (Lipinski definition) is 3. The first-order valence-corrected chi connectivity index (χ1v) is 8.94. The maximum atomic E-state index is 3.62. The molecule has 2 atom stereocenters. The molecule has 116 valence electrons. The van der Waals surface area contributed by atoms with E-state index < -0.39 is 0 Å². The number of likely N-dealkylation sites (N-methyl/N-ethyl adjacent to an activating group) is 1. The predicted octanol–water partition coefficient (Wildman–Crippen LogP) is 3.23. The molecule has 2 bridgehead atoms. The van der Waals surface area contributed by atoms with Gasteiger partial charge >= 0.3 is 0 Å². The van der Waals surface area contributed by atoms with E-state index in [0.29, 0.717) is 0 Å². The predicted molar refractivity (Wildman–Crippen MR) is 92.9 cm³/mol. The number of hydrogen-bond donors (Lipinski definition) is 1. The van der Waals surface area contributed by atoms with Crippen molar-refractivity contribution in [2.75, 3.05) is 31.6 Å². The third-order valence-corrected chi connectivity index (χ3v) is 5.59. The topological polar surface area (TPSA) is 18.5 Å². The molecule has 1 aromatic rings. The van der Waals surface area contributed by atoms with Crippen molar-refractivity contribution in [1.82, 2.24) is 10.2 Å². The van der Waals surface area contributed by atoms with Crippen LogP contribution in [-0.2, 0) is 6.54 Å². The van der Waals surface area contributed by atoms with Crippen molar-refractivity contribution in [3.05, 3.63) is 28.2 Å². The molecule has 2 saturated heterocycles. The summed E-state index contributed by atoms with van der Waals surface area (Å²) in [4.78, 5) is 5.22. The molecular formula is C17H26BrN3. The average molecular weight is 352 g/mol. The van der Waals surface area contributed by atoms with Gasteiger partial charge in [0.15, 0.2) is 0 Å². The number of rotatable bonds is 4. The number of nitrogens with one attached hydrogen (secondary N) is 1. The molecule has 2 heterocycles. The van der Waals surface area contributed by atoms with Gasteiger partial charge in [0, 0.05) is 41.9 Å². The van der Waals surface area contributed by atoms with Crippen LogP contribution >= 0.6 is 15.9 Å². The van der Waals surface area contributed by atoms with Crippen LogP contribution in [0, 0.1) is 0 Å². The molecule has 21 heavy (non-hydrogen) atoms. The maximum absolute atomic E-state index is 3.62. The summed E-state index contributed by atoms with van der Waals surface area (Å²) in [5.41, 5.74) is 2.83. The summed E-state index contributed by atoms with van der Waals surface area (Å²) >= 11 is 3.62. The van der Waals surface area contributed by atoms with Crippen LogP contribution in [-0.4, -0.2) is 43.7 Å². The third-order valence-electron chi connectivity index (χ3n) is 5.10. The van der Waals surface area contributed by atoms with E-state index in [1.807, 2.05) is 0 Å². The van der Waals surface area contributed by atoms with Crippen molar-refractivity contribution in [3.8, 4) is 0 Å². The number of nitrogens with zero attached hydrogens (tertiary/aromatic N) is 2. The summed E-state index contributed by atoms with van der Waals surface area (Å²) in [5, 5.41) is 3.47. The van der Waals surface area contributed by atoms with Gasteiger partial charge < -0.3 is 10.2 Å². The van der Waals surface area contributed by atoms with Crippen molar-refractivity contribution in [2.24, 2.45) is 0 Å². The van der Waals surface area contributed by atoms with E-state index in [1.54, 1.807) is 0 Å². The highest BCUT2D eigenvalue weighted by Crippen LogP contribution is 2.32. The lowest BCUT2D eigenvalue weighted by Crippen LogP contribution is -2.37. The van der Waals surface area contributed by atoms with Crippen molar-refractivity contribution in [2.45, 2.75) is 44.8 Å². The minimum Gasteiger partial charge on any atom is -0.370 e. The van der Waals surface area contributed by atoms with Crippen LogP contribution in [0.25, 0.3) is 0 Å². The summed E-state index contributed by atoms with van der Waals surface area (Å²) in [5.74, 6) is 0. The molecule has 3 nitrogen and oxygen atoms in total. The van der Waals surface area contributed by atoms with E-state index in [0.717, 1.165) is 25.2 Å². The summed E-state index contributed by atoms with van der Waals surface area (Å²) in [6.07, 6.45) is 4.04. The Balaban J connectivity index is 1.82. The van der Waals surface area contributed by atoms with Gasteiger partial charge in [-0.1, -0.05) is 22.9 Å². The monoisotopic (exact) mass is 351 g/mol. The summed E-state index contributed by atoms with van der Waals surface area (Å²) < 4.78 is 1.17. The Morgan fingerprint density at radius 2 is 2.05 bits per heavy atom. The summed E-state index contributed by atoms with van der Waals surface area (Å²) in [7, 11) is 2.31. The largest absolute Gasteiger partial charge is 0.370 e. The fraction of sp³-hybridized carbons (Fsp3) is 0.647. The van der Waals surface area contributed by atoms with Gasteiger partial charge in [0.05, 0.1) is 0 Å². The molecule has 1 aromatic carbocycles. The fourth-order valence-corrected chi connectivity index (χ4v) is 4.20. The Morgan fingerprint density at radius 3 is 2.86 bits per heavy atom. The van der Waals surface area contributed by atoms with Gasteiger partial charge in [-0.3, -0.25) is 4.90 Å². The fourth-order valence-electron chi connectivity index (χ4n) is 3.79. The van der Waals surface area contributed by atoms with Crippen LogP contribution in [0.4, 0.5) is 5.69 Å². The van der Waals surface area contributed by atoms with Crippen molar-refractivity contribution >= 4 is 21.6 Å². The minimum atomic E-state index is 0.730. The molecule has 2 aliphatic rings. The highest BCUT2D eigenvalue weighted by atomic mass is 79.9. The Kier molecular flexibility index (Phi) is 4.87. The Labute approximate surface area is 136 Å². The second-order valence-corrected chi connectivity index (χ2v) is 7.25. The zero-order valence-electron chi connectivity index (χ0n) is 13.1. The van der Waals surface area contributed by atoms with Crippen LogP contribution in [0.1, 0.15) is 31.7 Å². The minimum absolute atomic E-state index is 0.730. The van der Waals surface area contributed by atoms with E-state index in [9.17, 15) is 0 Å². The van der Waals surface area contributed by atoms with Gasteiger partial charge in [-0.15, -0.1) is 0 Å². The van der Waals surface area contributed by atoms with E-state index in [1.165, 1.54) is 48.1 Å². The molecule has 0 spiro atoms. The second kappa shape index (κ2) is 6.67. The molecule has 4 heteroatoms. The Morgan fingerprint density at radius 1 is 1.24 bits per heavy atom. The van der Waals surface area contributed by atoms with Crippen LogP contribution in [0.3, 0.4) is 0 Å². The first-order chi connectivity index (χ1) is 10.2. The first-order valence-electron chi connectivity index (χ1n) is 8.15. The lowest BCUT2D eigenvalue weighted by atomic mass is 10.1. The maximum Gasteiger partial charge on any atom is 0.0413 e. The molecule has 0 amide bonds. The standard InChI is InChI=1S/C17H26BrN3/c1-3-19-11-13-10-14(18)4-7-17(13)21-9-8-15-5-6-16(12-21)20(15)2/h4,7,10,15-16,19H,3,5-6,8-9,11-12H2,1-2H3. The van der Waals surface area contributed by atoms with Crippen LogP contribution in [0.2, 0.25) is 0 Å². The zero-order chi connectivity index (χ0) is 14.8. The highest BCUT2D eigenvalue weighted by molar-refractivity contribution is 9.10. The lowest BCUT2D eigenvalue weighted by molar-refractivity contribution is 0.254. The molecule has 0 aromatic heterocycles. The number of fused-ring (bicyclic) bond motifs is 2. The molecular weight excluding hydrogens is 326 g/mol. The van der Waals surface area contributed by atoms with Gasteiger partial charge in [-0.25, -0.2) is 0 Å². The van der Waals surface area contributed by atoms with Crippen LogP contribution in [0.5, 0.6) is 0 Å². The number of benzene rings is 1. The van der Waals surface area contributed by atoms with Crippen molar-refractivity contribution in [1.29, 1.82) is 0 Å². The van der Waals surface area contributed by atoms with Gasteiger partial charge in [-0.05, 0) is 56.6 Å². The Hall–Kier alpha value is -0.580. The average Bonchev–Trinajstić information content (AvgIpc) is 2.71. The van der Waals surface area contributed by atoms with Gasteiger partial charge in [-0.2, -0.15) is 0 Å². The summed E-state index contributed by atoms with van der Waals surface area (Å²) in [6.45, 7) is 6.49. The van der Waals surface area contributed by atoms with E-state index >= 15 is 0 Å². The molecule has 3 rings (SSSR count). The Bertz CT molecular complexity index is 491. The highest BCUT2D eigenvalue weighted by Gasteiger charge is 2.34. The SMILES string of the molecule is CCNCc1cc(Br)ccc1N1CCC2CCC(C1)N2C. The smallest absolute Gasteiger partial charge is 0.0413 e. The van der Waals surface area contributed by atoms with Crippen LogP contribution in [0.15, 0.2) is 22.7 Å². The van der Waals surface area contributed by atoms with Crippen molar-refractivity contribution in [3.63, 3.8) is 0 Å². The van der Waals surface area contributed by atoms with Gasteiger partial charge in [0.2, 0.25) is 0 Å². The zero-order valence-corrected chi connectivity index (χ0v) is 14.7. The summed E-state index contributed by atoms with van der Waals surface area (Å²) in [6, 6.07) is 8.26. The molecule has 0 radical (unpaired) electrons. The molecule has 0 saturated carbocycles. The van der Waals surface area contributed by atoms with Crippen LogP contribution < -0.4 is 10.2 Å². The number of anilines is 1. The number of halogens is 1. The van der Waals surface area contributed by atoms with Gasteiger partial charge in [0.25, 0.3) is 0 Å². The van der Waals surface area contributed by atoms with E-state index in [4.69, 9.17) is 0 Å². The van der Waals surface area contributed by atoms with E-state index in [-0.39, 0.29) is 0 Å². The second-order valence-electron chi connectivity index (χ2n) is 6.34. The van der Waals surface area contributed by atoms with Crippen molar-refractivity contribution < 1.29 is 0 Å². The third kappa shape index (κ3) is 3.27. The molecule has 1 N–H and O–H groups in total.